The van der Waals surface area contributed by atoms with Gasteiger partial charge in [-0.2, -0.15) is 5.26 Å². The summed E-state index contributed by atoms with van der Waals surface area (Å²) < 4.78 is 22.5. The number of piperazine rings is 1. The van der Waals surface area contributed by atoms with Gasteiger partial charge in [-0.1, -0.05) is 29.5 Å². The number of hydrogen-bond acceptors (Lipinski definition) is 8. The number of aromatic nitrogens is 4. The van der Waals surface area contributed by atoms with Gasteiger partial charge in [-0.05, 0) is 40.7 Å². The van der Waals surface area contributed by atoms with Crippen molar-refractivity contribution in [3.8, 4) is 22.3 Å². The van der Waals surface area contributed by atoms with E-state index in [9.17, 15) is 10.1 Å². The van der Waals surface area contributed by atoms with Gasteiger partial charge in [-0.25, -0.2) is 24.1 Å². The standard InChI is InChI=1S/C27H28FN7O2S/c1-16-13-34(26(36)37-27(3,4)5)17(2)12-33(16)23-22-20(19-8-6-7-9-21(19)28)14-35(24(22)32-15-31-23)25-30-11-18(10-29)38-25/h6-9,11,14-17H,12-13H2,1-5H3/t16-,17+/m0/s1. The van der Waals surface area contributed by atoms with E-state index in [1.54, 1.807) is 33.9 Å². The van der Waals surface area contributed by atoms with Crippen molar-refractivity contribution in [2.75, 3.05) is 18.0 Å². The van der Waals surface area contributed by atoms with Gasteiger partial charge < -0.3 is 14.5 Å². The molecule has 1 fully saturated rings. The number of thiazole rings is 1. The first kappa shape index (κ1) is 25.6. The lowest BCUT2D eigenvalue weighted by Crippen LogP contribution is -2.59. The maximum Gasteiger partial charge on any atom is 0.410 e. The molecule has 5 rings (SSSR count). The van der Waals surface area contributed by atoms with Gasteiger partial charge in [0.1, 0.15) is 34.5 Å². The first-order valence-electron chi connectivity index (χ1n) is 12.3. The van der Waals surface area contributed by atoms with Crippen LogP contribution in [0.5, 0.6) is 0 Å². The highest BCUT2D eigenvalue weighted by Gasteiger charge is 2.36. The van der Waals surface area contributed by atoms with Gasteiger partial charge in [0.25, 0.3) is 0 Å². The predicted molar refractivity (Wildman–Crippen MR) is 144 cm³/mol. The van der Waals surface area contributed by atoms with Crippen molar-refractivity contribution in [3.63, 3.8) is 0 Å². The van der Waals surface area contributed by atoms with Crippen LogP contribution in [0.3, 0.4) is 0 Å². The minimum absolute atomic E-state index is 0.0984. The normalized spacial score (nSPS) is 18.0. The third-order valence-electron chi connectivity index (χ3n) is 6.42. The van der Waals surface area contributed by atoms with Crippen LogP contribution in [0, 0.1) is 17.1 Å². The monoisotopic (exact) mass is 533 g/mol. The molecular formula is C27H28FN7O2S. The van der Waals surface area contributed by atoms with Crippen LogP contribution in [0.15, 0.2) is 43.0 Å². The Morgan fingerprint density at radius 1 is 1.13 bits per heavy atom. The quantitative estimate of drug-likeness (QED) is 0.348. The van der Waals surface area contributed by atoms with Crippen LogP contribution in [0.1, 0.15) is 39.5 Å². The number of anilines is 1. The van der Waals surface area contributed by atoms with Gasteiger partial charge in [-0.3, -0.25) is 4.57 Å². The molecule has 0 saturated carbocycles. The van der Waals surface area contributed by atoms with Crippen molar-refractivity contribution < 1.29 is 13.9 Å². The summed E-state index contributed by atoms with van der Waals surface area (Å²) in [5, 5.41) is 10.5. The zero-order chi connectivity index (χ0) is 27.2. The maximum absolute atomic E-state index is 15.1. The fourth-order valence-corrected chi connectivity index (χ4v) is 5.41. The second kappa shape index (κ2) is 9.68. The molecule has 9 nitrogen and oxygen atoms in total. The lowest BCUT2D eigenvalue weighted by atomic mass is 10.0. The van der Waals surface area contributed by atoms with E-state index in [2.05, 4.69) is 25.9 Å². The van der Waals surface area contributed by atoms with Crippen LogP contribution in [-0.2, 0) is 4.74 Å². The van der Waals surface area contributed by atoms with Crippen LogP contribution < -0.4 is 4.90 Å². The number of rotatable bonds is 3. The van der Waals surface area contributed by atoms with Crippen molar-refractivity contribution in [2.24, 2.45) is 0 Å². The number of ether oxygens (including phenoxy) is 1. The summed E-state index contributed by atoms with van der Waals surface area (Å²) in [4.78, 5) is 30.8. The fourth-order valence-electron chi connectivity index (χ4n) is 4.72. The molecule has 1 aromatic carbocycles. The molecule has 1 amide bonds. The highest BCUT2D eigenvalue weighted by Crippen LogP contribution is 2.39. The van der Waals surface area contributed by atoms with E-state index in [0.29, 0.717) is 51.1 Å². The average molecular weight is 534 g/mol. The Morgan fingerprint density at radius 3 is 2.58 bits per heavy atom. The molecule has 2 atom stereocenters. The number of benzene rings is 1. The Morgan fingerprint density at radius 2 is 1.89 bits per heavy atom. The number of halogens is 1. The van der Waals surface area contributed by atoms with E-state index in [1.807, 2.05) is 34.6 Å². The van der Waals surface area contributed by atoms with E-state index in [1.165, 1.54) is 29.9 Å². The number of amides is 1. The number of hydrogen-bond donors (Lipinski definition) is 0. The van der Waals surface area contributed by atoms with E-state index >= 15 is 4.39 Å². The zero-order valence-corrected chi connectivity index (χ0v) is 22.7. The van der Waals surface area contributed by atoms with Crippen molar-refractivity contribution in [2.45, 2.75) is 52.3 Å². The average Bonchev–Trinajstić information content (AvgIpc) is 3.49. The van der Waals surface area contributed by atoms with Gasteiger partial charge in [0.2, 0.25) is 0 Å². The van der Waals surface area contributed by atoms with Gasteiger partial charge in [0.15, 0.2) is 10.8 Å². The molecule has 1 aliphatic rings. The van der Waals surface area contributed by atoms with Crippen molar-refractivity contribution in [1.29, 1.82) is 5.26 Å². The van der Waals surface area contributed by atoms with Gasteiger partial charge in [0, 0.05) is 42.5 Å². The Balaban J connectivity index is 1.62. The summed E-state index contributed by atoms with van der Waals surface area (Å²) in [6, 6.07) is 8.44. The number of nitriles is 1. The second-order valence-corrected chi connectivity index (χ2v) is 11.4. The van der Waals surface area contributed by atoms with Gasteiger partial charge in [-0.15, -0.1) is 0 Å². The Bertz CT molecular complexity index is 1550. The van der Waals surface area contributed by atoms with Gasteiger partial charge >= 0.3 is 6.09 Å². The van der Waals surface area contributed by atoms with Crippen molar-refractivity contribution >= 4 is 34.3 Å². The topological polar surface area (TPSA) is 100 Å². The molecule has 1 aliphatic heterocycles. The molecule has 0 spiro atoms. The molecule has 4 heterocycles. The fraction of sp³-hybridized carbons (Fsp3) is 0.370. The Labute approximate surface area is 224 Å². The summed E-state index contributed by atoms with van der Waals surface area (Å²) in [7, 11) is 0. The first-order valence-corrected chi connectivity index (χ1v) is 13.1. The predicted octanol–water partition coefficient (Wildman–Crippen LogP) is 5.39. The van der Waals surface area contributed by atoms with Crippen LogP contribution in [0.4, 0.5) is 15.0 Å². The third kappa shape index (κ3) is 4.67. The number of carbonyl (C=O) groups is 1. The minimum atomic E-state index is -0.588. The molecule has 38 heavy (non-hydrogen) atoms. The molecule has 4 aromatic rings. The maximum atomic E-state index is 15.1. The molecule has 0 bridgehead atoms. The largest absolute Gasteiger partial charge is 0.444 e. The summed E-state index contributed by atoms with van der Waals surface area (Å²) in [5.74, 6) is 0.279. The highest BCUT2D eigenvalue weighted by molar-refractivity contribution is 7.14. The van der Waals surface area contributed by atoms with Crippen molar-refractivity contribution in [1.82, 2.24) is 24.4 Å². The summed E-state index contributed by atoms with van der Waals surface area (Å²) in [6.45, 7) is 10.5. The molecule has 0 aliphatic carbocycles. The first-order chi connectivity index (χ1) is 18.1. The smallest absolute Gasteiger partial charge is 0.410 e. The lowest BCUT2D eigenvalue weighted by Gasteiger charge is -2.44. The van der Waals surface area contributed by atoms with Crippen LogP contribution in [0.25, 0.3) is 27.3 Å². The minimum Gasteiger partial charge on any atom is -0.444 e. The summed E-state index contributed by atoms with van der Waals surface area (Å²) in [5.41, 5.74) is 1.00. The van der Waals surface area contributed by atoms with E-state index in [4.69, 9.17) is 4.74 Å². The molecule has 3 aromatic heterocycles. The molecule has 0 N–H and O–H groups in total. The molecule has 11 heteroatoms. The number of fused-ring (bicyclic) bond motifs is 1. The van der Waals surface area contributed by atoms with Gasteiger partial charge in [0.05, 0.1) is 11.6 Å². The zero-order valence-electron chi connectivity index (χ0n) is 21.8. The second-order valence-electron chi connectivity index (χ2n) is 10.4. The summed E-state index contributed by atoms with van der Waals surface area (Å²) in [6.07, 6.45) is 4.44. The third-order valence-corrected chi connectivity index (χ3v) is 7.32. The van der Waals surface area contributed by atoms with Crippen LogP contribution >= 0.6 is 11.3 Å². The van der Waals surface area contributed by atoms with E-state index in [-0.39, 0.29) is 24.0 Å². The number of carbonyl (C=O) groups excluding carboxylic acids is 1. The van der Waals surface area contributed by atoms with Crippen molar-refractivity contribution in [3.05, 3.63) is 53.7 Å². The van der Waals surface area contributed by atoms with Crippen LogP contribution in [-0.4, -0.2) is 61.3 Å². The summed E-state index contributed by atoms with van der Waals surface area (Å²) >= 11 is 1.23. The van der Waals surface area contributed by atoms with Crippen LogP contribution in [0.2, 0.25) is 0 Å². The lowest BCUT2D eigenvalue weighted by molar-refractivity contribution is 0.0130. The van der Waals surface area contributed by atoms with E-state index < -0.39 is 5.60 Å². The Hall–Kier alpha value is -4.04. The molecule has 196 valence electrons. The molecular weight excluding hydrogens is 505 g/mol. The molecule has 0 radical (unpaired) electrons. The SMILES string of the molecule is C[C@@H]1CN(c2ncnc3c2c(-c2ccccc2F)cn3-c2ncc(C#N)s2)[C@@H](C)CN1C(=O)OC(C)(C)C. The van der Waals surface area contributed by atoms with E-state index in [0.717, 1.165) is 0 Å². The highest BCUT2D eigenvalue weighted by atomic mass is 32.1. The molecule has 1 saturated heterocycles. The number of nitrogens with zero attached hydrogens (tertiary/aromatic N) is 7. The molecule has 0 unspecified atom stereocenters. The Kier molecular flexibility index (Phi) is 6.53.